The Labute approximate surface area is 296 Å². The Bertz CT molecular complexity index is 1890. The lowest BCUT2D eigenvalue weighted by Gasteiger charge is -2.35. The van der Waals surface area contributed by atoms with Crippen molar-refractivity contribution in [2.45, 2.75) is 75.1 Å². The highest BCUT2D eigenvalue weighted by Gasteiger charge is 2.38. The van der Waals surface area contributed by atoms with E-state index in [9.17, 15) is 31.2 Å². The van der Waals surface area contributed by atoms with E-state index in [4.69, 9.17) is 11.6 Å². The summed E-state index contributed by atoms with van der Waals surface area (Å²) in [5.41, 5.74) is 0.683. The van der Waals surface area contributed by atoms with Gasteiger partial charge in [-0.3, -0.25) is 13.9 Å². The van der Waals surface area contributed by atoms with Gasteiger partial charge in [-0.15, -0.1) is 0 Å². The van der Waals surface area contributed by atoms with E-state index in [0.29, 0.717) is 10.4 Å². The molecule has 1 saturated carbocycles. The molecule has 1 N–H and O–H groups in total. The largest absolute Gasteiger partial charge is 0.416 e. The Morgan fingerprint density at radius 1 is 0.880 bits per heavy atom. The molecule has 1 atom stereocenters. The number of benzene rings is 4. The van der Waals surface area contributed by atoms with Gasteiger partial charge in [0, 0.05) is 19.0 Å². The number of hydrogen-bond acceptors (Lipinski definition) is 4. The topological polar surface area (TPSA) is 86.8 Å². The molecule has 0 bridgehead atoms. The lowest BCUT2D eigenvalue weighted by molar-refractivity contribution is -0.140. The molecule has 0 saturated heterocycles. The van der Waals surface area contributed by atoms with Gasteiger partial charge in [0.2, 0.25) is 11.8 Å². The van der Waals surface area contributed by atoms with Crippen molar-refractivity contribution in [2.24, 2.45) is 0 Å². The van der Waals surface area contributed by atoms with Crippen molar-refractivity contribution in [3.05, 3.63) is 130 Å². The van der Waals surface area contributed by atoms with Crippen LogP contribution in [0.15, 0.2) is 108 Å². The molecule has 1 aliphatic rings. The minimum atomic E-state index is -4.82. The van der Waals surface area contributed by atoms with Crippen molar-refractivity contribution in [3.8, 4) is 0 Å². The summed E-state index contributed by atoms with van der Waals surface area (Å²) >= 11 is 6.41. The molecule has 0 aromatic heterocycles. The van der Waals surface area contributed by atoms with Gasteiger partial charge in [0.15, 0.2) is 0 Å². The van der Waals surface area contributed by atoms with Crippen molar-refractivity contribution < 1.29 is 31.2 Å². The van der Waals surface area contributed by atoms with Crippen molar-refractivity contribution >= 4 is 39.1 Å². The smallest absolute Gasteiger partial charge is 0.352 e. The lowest BCUT2D eigenvalue weighted by Crippen LogP contribution is -2.55. The fourth-order valence-corrected chi connectivity index (χ4v) is 7.90. The average molecular weight is 726 g/mol. The van der Waals surface area contributed by atoms with E-state index in [1.165, 1.54) is 29.2 Å². The SMILES string of the molecule is Cc1ccccc1CN(C(=O)CN(c1cc(C(F)(F)F)ccc1Cl)S(=O)(=O)c1ccccc1)[C@@H](Cc1ccccc1)C(=O)NC1CCCCC1. The van der Waals surface area contributed by atoms with Crippen LogP contribution in [0.5, 0.6) is 0 Å². The summed E-state index contributed by atoms with van der Waals surface area (Å²) in [6, 6.07) is 24.7. The molecule has 4 aromatic carbocycles. The molecule has 0 spiro atoms. The number of anilines is 1. The van der Waals surface area contributed by atoms with Crippen LogP contribution in [0.2, 0.25) is 5.02 Å². The van der Waals surface area contributed by atoms with Gasteiger partial charge in [-0.25, -0.2) is 8.42 Å². The number of hydrogen-bond donors (Lipinski definition) is 1. The Balaban J connectivity index is 1.62. The van der Waals surface area contributed by atoms with Crippen molar-refractivity contribution in [1.82, 2.24) is 10.2 Å². The normalized spacial score (nSPS) is 14.5. The standard InChI is InChI=1S/C38H39ClF3N3O4S/c1-27-13-11-12-16-29(27)25-44(35(23-28-14-5-2-6-15-28)37(47)43-31-17-7-3-8-18-31)36(46)26-45(50(48,49)32-19-9-4-10-20-32)34-24-30(38(40,41)42)21-22-33(34)39/h2,4-6,9-16,19-22,24,31,35H,3,7-8,17-18,23,25-26H2,1H3,(H,43,47)/t35-/m0/s1. The Kier molecular flexibility index (Phi) is 11.9. The third-order valence-corrected chi connectivity index (χ3v) is 11.1. The molecule has 0 heterocycles. The summed E-state index contributed by atoms with van der Waals surface area (Å²) in [6.07, 6.45) is -0.109. The third-order valence-electron chi connectivity index (χ3n) is 8.98. The van der Waals surface area contributed by atoms with E-state index in [1.54, 1.807) is 12.1 Å². The van der Waals surface area contributed by atoms with Crippen molar-refractivity contribution in [3.63, 3.8) is 0 Å². The molecule has 12 heteroatoms. The molecule has 50 heavy (non-hydrogen) atoms. The lowest BCUT2D eigenvalue weighted by atomic mass is 9.94. The first-order chi connectivity index (χ1) is 23.8. The van der Waals surface area contributed by atoms with E-state index in [1.807, 2.05) is 55.5 Å². The van der Waals surface area contributed by atoms with Crippen LogP contribution in [0.3, 0.4) is 0 Å². The Hall–Kier alpha value is -4.35. The van der Waals surface area contributed by atoms with E-state index >= 15 is 0 Å². The first-order valence-corrected chi connectivity index (χ1v) is 18.3. The first kappa shape index (κ1) is 36.9. The molecule has 1 fully saturated rings. The summed E-state index contributed by atoms with van der Waals surface area (Å²) < 4.78 is 70.8. The zero-order chi connectivity index (χ0) is 35.9. The minimum absolute atomic E-state index is 0.0589. The number of amides is 2. The number of nitrogens with one attached hydrogen (secondary N) is 1. The highest BCUT2D eigenvalue weighted by molar-refractivity contribution is 7.92. The molecule has 0 radical (unpaired) electrons. The van der Waals surface area contributed by atoms with Crippen LogP contribution < -0.4 is 9.62 Å². The van der Waals surface area contributed by atoms with Crippen molar-refractivity contribution in [1.29, 1.82) is 0 Å². The number of carbonyl (C=O) groups excluding carboxylic acids is 2. The van der Waals surface area contributed by atoms with E-state index in [2.05, 4.69) is 5.32 Å². The molecule has 264 valence electrons. The summed E-state index contributed by atoms with van der Waals surface area (Å²) in [7, 11) is -4.64. The summed E-state index contributed by atoms with van der Waals surface area (Å²) in [5.74, 6) is -1.18. The van der Waals surface area contributed by atoms with Crippen LogP contribution in [0.1, 0.15) is 54.4 Å². The van der Waals surface area contributed by atoms with Crippen LogP contribution in [-0.2, 0) is 38.8 Å². The molecule has 4 aromatic rings. The van der Waals surface area contributed by atoms with E-state index < -0.39 is 51.9 Å². The summed E-state index contributed by atoms with van der Waals surface area (Å²) in [5, 5.41) is 2.84. The van der Waals surface area contributed by atoms with Gasteiger partial charge in [0.05, 0.1) is 21.2 Å². The van der Waals surface area contributed by atoms with Gasteiger partial charge in [0.25, 0.3) is 10.0 Å². The van der Waals surface area contributed by atoms with Crippen LogP contribution in [0, 0.1) is 6.92 Å². The monoisotopic (exact) mass is 725 g/mol. The minimum Gasteiger partial charge on any atom is -0.352 e. The highest BCUT2D eigenvalue weighted by Crippen LogP contribution is 2.37. The van der Waals surface area contributed by atoms with Crippen LogP contribution in [0.4, 0.5) is 18.9 Å². The predicted molar refractivity (Wildman–Crippen MR) is 188 cm³/mol. The summed E-state index contributed by atoms with van der Waals surface area (Å²) in [6.45, 7) is 0.879. The molecule has 1 aliphatic carbocycles. The fourth-order valence-electron chi connectivity index (χ4n) is 6.18. The van der Waals surface area contributed by atoms with E-state index in [-0.39, 0.29) is 28.9 Å². The third kappa shape index (κ3) is 9.05. The number of rotatable bonds is 12. The molecule has 0 aliphatic heterocycles. The second-order valence-corrected chi connectivity index (χ2v) is 14.8. The zero-order valence-corrected chi connectivity index (χ0v) is 29.1. The number of nitrogens with zero attached hydrogens (tertiary/aromatic N) is 2. The Morgan fingerprint density at radius 2 is 1.50 bits per heavy atom. The maximum Gasteiger partial charge on any atom is 0.416 e. The first-order valence-electron chi connectivity index (χ1n) is 16.5. The molecular formula is C38H39ClF3N3O4S. The van der Waals surface area contributed by atoms with Gasteiger partial charge >= 0.3 is 6.18 Å². The van der Waals surface area contributed by atoms with Gasteiger partial charge in [0.1, 0.15) is 12.6 Å². The fraction of sp³-hybridized carbons (Fsp3) is 0.316. The summed E-state index contributed by atoms with van der Waals surface area (Å²) in [4.78, 5) is 30.0. The maximum atomic E-state index is 14.7. The number of sulfonamides is 1. The molecule has 0 unspecified atom stereocenters. The predicted octanol–water partition coefficient (Wildman–Crippen LogP) is 7.95. The average Bonchev–Trinajstić information content (AvgIpc) is 3.10. The quantitative estimate of drug-likeness (QED) is 0.161. The van der Waals surface area contributed by atoms with Gasteiger partial charge < -0.3 is 10.2 Å². The molecular weight excluding hydrogens is 687 g/mol. The maximum absolute atomic E-state index is 14.7. The number of aryl methyl sites for hydroxylation is 1. The number of carbonyl (C=O) groups is 2. The van der Waals surface area contributed by atoms with E-state index in [0.717, 1.165) is 60.9 Å². The Morgan fingerprint density at radius 3 is 2.14 bits per heavy atom. The highest BCUT2D eigenvalue weighted by atomic mass is 35.5. The van der Waals surface area contributed by atoms with Gasteiger partial charge in [-0.2, -0.15) is 13.2 Å². The van der Waals surface area contributed by atoms with Crippen LogP contribution >= 0.6 is 11.6 Å². The second-order valence-electron chi connectivity index (χ2n) is 12.5. The molecule has 5 rings (SSSR count). The van der Waals surface area contributed by atoms with Gasteiger partial charge in [-0.05, 0) is 66.8 Å². The number of halogens is 4. The molecule has 7 nitrogen and oxygen atoms in total. The van der Waals surface area contributed by atoms with Crippen molar-refractivity contribution in [2.75, 3.05) is 10.8 Å². The van der Waals surface area contributed by atoms with Gasteiger partial charge in [-0.1, -0.05) is 104 Å². The second kappa shape index (κ2) is 16.1. The van der Waals surface area contributed by atoms with Crippen LogP contribution in [-0.4, -0.2) is 43.8 Å². The number of alkyl halides is 3. The zero-order valence-electron chi connectivity index (χ0n) is 27.6. The molecule has 2 amide bonds. The van der Waals surface area contributed by atoms with Crippen LogP contribution in [0.25, 0.3) is 0 Å².